The van der Waals surface area contributed by atoms with E-state index >= 15 is 0 Å². The lowest BCUT2D eigenvalue weighted by atomic mass is 10.2. The highest BCUT2D eigenvalue weighted by atomic mass is 31.0. The van der Waals surface area contributed by atoms with E-state index in [9.17, 15) is 0 Å². The average molecular weight is 187 g/mol. The van der Waals surface area contributed by atoms with E-state index in [4.69, 9.17) is 4.42 Å². The molecule has 0 amide bonds. The molecule has 0 saturated heterocycles. The van der Waals surface area contributed by atoms with Crippen LogP contribution in [0.5, 0.6) is 0 Å². The topological polar surface area (TPSA) is 26.0 Å². The van der Waals surface area contributed by atoms with Crippen molar-refractivity contribution < 1.29 is 4.42 Å². The minimum atomic E-state index is 0.889. The smallest absolute Gasteiger partial charge is 0.182 e. The quantitative estimate of drug-likeness (QED) is 0.537. The van der Waals surface area contributed by atoms with Crippen LogP contribution in [0.15, 0.2) is 40.9 Å². The molecule has 2 nitrogen and oxygen atoms in total. The molecule has 3 heteroatoms. The molecule has 0 aliphatic rings. The van der Waals surface area contributed by atoms with Crippen molar-refractivity contribution in [3.05, 3.63) is 36.5 Å². The van der Waals surface area contributed by atoms with E-state index in [1.807, 2.05) is 17.9 Å². The van der Waals surface area contributed by atoms with E-state index in [0.29, 0.717) is 0 Å². The van der Waals surface area contributed by atoms with Crippen LogP contribution >= 0.6 is 8.19 Å². The third kappa shape index (κ3) is 0.958. The second-order valence-electron chi connectivity index (χ2n) is 2.84. The van der Waals surface area contributed by atoms with Crippen molar-refractivity contribution in [2.75, 3.05) is 0 Å². The van der Waals surface area contributed by atoms with Crippen molar-refractivity contribution in [1.82, 2.24) is 4.98 Å². The van der Waals surface area contributed by atoms with Crippen LogP contribution in [0.1, 0.15) is 0 Å². The van der Waals surface area contributed by atoms with Crippen LogP contribution in [0.3, 0.4) is 0 Å². The van der Waals surface area contributed by atoms with Gasteiger partial charge in [-0.25, -0.2) is 4.98 Å². The molecule has 62 valence electrons. The fourth-order valence-corrected chi connectivity index (χ4v) is 2.39. The lowest BCUT2D eigenvalue weighted by molar-refractivity contribution is 0.603. The number of aromatic nitrogens is 1. The van der Waals surface area contributed by atoms with Crippen molar-refractivity contribution >= 4 is 29.8 Å². The van der Waals surface area contributed by atoms with E-state index in [1.54, 1.807) is 0 Å². The van der Waals surface area contributed by atoms with Gasteiger partial charge in [0, 0.05) is 16.3 Å². The van der Waals surface area contributed by atoms with Gasteiger partial charge < -0.3 is 4.42 Å². The molecular formula is C10H6NOP. The molecule has 0 saturated carbocycles. The first-order valence-electron chi connectivity index (χ1n) is 4.02. The summed E-state index contributed by atoms with van der Waals surface area (Å²) in [5.74, 6) is 2.05. The molecule has 0 fully saturated rings. The van der Waals surface area contributed by atoms with Crippen LogP contribution in [0.25, 0.3) is 21.6 Å². The van der Waals surface area contributed by atoms with Crippen LogP contribution < -0.4 is 0 Å². The van der Waals surface area contributed by atoms with Gasteiger partial charge in [-0.15, -0.1) is 0 Å². The van der Waals surface area contributed by atoms with Gasteiger partial charge >= 0.3 is 0 Å². The Bertz CT molecular complexity index is 573. The Morgan fingerprint density at radius 3 is 3.15 bits per heavy atom. The number of hydrogen-bond acceptors (Lipinski definition) is 2. The summed E-state index contributed by atoms with van der Waals surface area (Å²) in [6.07, 6.45) is 1.50. The molecule has 0 bridgehead atoms. The Morgan fingerprint density at radius 1 is 1.23 bits per heavy atom. The first-order valence-corrected chi connectivity index (χ1v) is 4.98. The number of rotatable bonds is 0. The van der Waals surface area contributed by atoms with E-state index in [-0.39, 0.29) is 0 Å². The molecule has 0 radical (unpaired) electrons. The van der Waals surface area contributed by atoms with Crippen LogP contribution in [0.2, 0.25) is 0 Å². The zero-order valence-corrected chi connectivity index (χ0v) is 7.66. The summed E-state index contributed by atoms with van der Waals surface area (Å²) in [4.78, 5) is 4.20. The average Bonchev–Trinajstić information content (AvgIpc) is 2.65. The first-order chi connectivity index (χ1) is 6.45. The zero-order chi connectivity index (χ0) is 8.67. The molecule has 0 N–H and O–H groups in total. The Morgan fingerprint density at radius 2 is 2.15 bits per heavy atom. The highest BCUT2D eigenvalue weighted by molar-refractivity contribution is 7.36. The maximum Gasteiger partial charge on any atom is 0.182 e. The highest BCUT2D eigenvalue weighted by Gasteiger charge is 2.02. The molecule has 2 heterocycles. The summed E-state index contributed by atoms with van der Waals surface area (Å²) in [7, 11) is 1.19. The Hall–Kier alpha value is -1.40. The number of oxazole rings is 1. The predicted molar refractivity (Wildman–Crippen MR) is 54.0 cm³/mol. The molecule has 0 spiro atoms. The Labute approximate surface area is 76.3 Å². The minimum Gasteiger partial charge on any atom is -0.443 e. The van der Waals surface area contributed by atoms with Gasteiger partial charge in [-0.1, -0.05) is 26.4 Å². The second kappa shape index (κ2) is 2.54. The van der Waals surface area contributed by atoms with Crippen LogP contribution in [-0.4, -0.2) is 4.98 Å². The van der Waals surface area contributed by atoms with Crippen LogP contribution in [0.4, 0.5) is 0 Å². The van der Waals surface area contributed by atoms with Gasteiger partial charge in [-0.05, 0) is 6.07 Å². The Kier molecular flexibility index (Phi) is 1.38. The molecule has 1 aromatic carbocycles. The summed E-state index contributed by atoms with van der Waals surface area (Å²) in [6, 6.07) is 8.27. The van der Waals surface area contributed by atoms with Crippen molar-refractivity contribution in [1.29, 1.82) is 0 Å². The molecular weight excluding hydrogens is 181 g/mol. The summed E-state index contributed by atoms with van der Waals surface area (Å²) < 4.78 is 5.24. The lowest BCUT2D eigenvalue weighted by Gasteiger charge is -1.94. The van der Waals surface area contributed by atoms with Gasteiger partial charge in [-0.2, -0.15) is 0 Å². The van der Waals surface area contributed by atoms with Crippen molar-refractivity contribution in [3.8, 4) is 0 Å². The lowest BCUT2D eigenvalue weighted by Crippen LogP contribution is -1.70. The molecule has 13 heavy (non-hydrogen) atoms. The molecule has 0 aliphatic carbocycles. The van der Waals surface area contributed by atoms with Gasteiger partial charge in [0.1, 0.15) is 5.52 Å². The van der Waals surface area contributed by atoms with Crippen LogP contribution in [-0.2, 0) is 0 Å². The molecule has 0 aliphatic heterocycles. The maximum atomic E-state index is 5.24. The number of fused-ring (bicyclic) bond motifs is 3. The third-order valence-corrected chi connectivity index (χ3v) is 3.11. The minimum absolute atomic E-state index is 0.889. The summed E-state index contributed by atoms with van der Waals surface area (Å²) in [5.41, 5.74) is 1.86. The van der Waals surface area contributed by atoms with E-state index in [0.717, 1.165) is 11.1 Å². The number of benzene rings is 1. The number of nitrogens with zero attached hydrogens (tertiary/aromatic N) is 1. The monoisotopic (exact) mass is 187 g/mol. The van der Waals surface area contributed by atoms with Gasteiger partial charge in [0.25, 0.3) is 0 Å². The van der Waals surface area contributed by atoms with Gasteiger partial charge in [0.2, 0.25) is 0 Å². The Balaban J connectivity index is 2.65. The fourth-order valence-electron chi connectivity index (χ4n) is 1.46. The largest absolute Gasteiger partial charge is 0.443 e. The van der Waals surface area contributed by atoms with E-state index < -0.39 is 0 Å². The molecule has 0 unspecified atom stereocenters. The molecule has 0 atom stereocenters. The third-order valence-electron chi connectivity index (χ3n) is 2.07. The van der Waals surface area contributed by atoms with Crippen LogP contribution in [0, 0.1) is 0 Å². The zero-order valence-electron chi connectivity index (χ0n) is 6.77. The normalized spacial score (nSPS) is 11.7. The highest BCUT2D eigenvalue weighted by Crippen LogP contribution is 2.30. The van der Waals surface area contributed by atoms with Gasteiger partial charge in [0.05, 0.1) is 0 Å². The summed E-state index contributed by atoms with van der Waals surface area (Å²) in [6.45, 7) is 0. The van der Waals surface area contributed by atoms with Crippen molar-refractivity contribution in [3.63, 3.8) is 0 Å². The molecule has 3 aromatic rings. The standard InChI is InChI=1S/C10H6NOP/c1-2-4-9-7(3-1)10-8(5-13-9)12-6-11-10/h1-6H. The summed E-state index contributed by atoms with van der Waals surface area (Å²) in [5, 5.41) is 2.49. The number of hydrogen-bond donors (Lipinski definition) is 0. The van der Waals surface area contributed by atoms with Crippen molar-refractivity contribution in [2.45, 2.75) is 0 Å². The van der Waals surface area contributed by atoms with Crippen molar-refractivity contribution in [2.24, 2.45) is 0 Å². The van der Waals surface area contributed by atoms with E-state index in [2.05, 4.69) is 17.1 Å². The van der Waals surface area contributed by atoms with Gasteiger partial charge in [-0.3, -0.25) is 0 Å². The molecule has 2 aromatic heterocycles. The fraction of sp³-hybridized carbons (Fsp3) is 0. The summed E-state index contributed by atoms with van der Waals surface area (Å²) >= 11 is 0. The SMILES string of the molecule is c1ccc2c(c1)pcc1ocnc12. The predicted octanol–water partition coefficient (Wildman–Crippen LogP) is 3.56. The first kappa shape index (κ1) is 7.05. The van der Waals surface area contributed by atoms with Gasteiger partial charge in [0.15, 0.2) is 12.0 Å². The molecule has 3 rings (SSSR count). The maximum absolute atomic E-state index is 5.24. The second-order valence-corrected chi connectivity index (χ2v) is 3.84. The van der Waals surface area contributed by atoms with E-state index in [1.165, 1.54) is 25.1 Å².